The van der Waals surface area contributed by atoms with E-state index in [1.807, 2.05) is 12.1 Å². The summed E-state index contributed by atoms with van der Waals surface area (Å²) in [6, 6.07) is 22.2. The number of hydrazone groups is 1. The van der Waals surface area contributed by atoms with Crippen LogP contribution in [0.25, 0.3) is 6.08 Å². The van der Waals surface area contributed by atoms with Gasteiger partial charge >= 0.3 is 5.97 Å². The molecular formula is C34H33N3O3. The summed E-state index contributed by atoms with van der Waals surface area (Å²) in [7, 11) is 0. The normalized spacial score (nSPS) is 21.5. The maximum Gasteiger partial charge on any atom is 0.357 e. The second kappa shape index (κ2) is 10.6. The van der Waals surface area contributed by atoms with Crippen molar-refractivity contribution in [1.82, 2.24) is 0 Å². The lowest BCUT2D eigenvalue weighted by Gasteiger charge is -2.44. The summed E-state index contributed by atoms with van der Waals surface area (Å²) < 4.78 is 0. The molecule has 0 spiro atoms. The maximum atomic E-state index is 13.1. The van der Waals surface area contributed by atoms with Gasteiger partial charge in [0.25, 0.3) is 5.91 Å². The molecule has 1 aliphatic carbocycles. The van der Waals surface area contributed by atoms with E-state index in [1.54, 1.807) is 36.4 Å². The van der Waals surface area contributed by atoms with E-state index >= 15 is 0 Å². The van der Waals surface area contributed by atoms with Gasteiger partial charge in [-0.15, -0.1) is 0 Å². The summed E-state index contributed by atoms with van der Waals surface area (Å²) in [4.78, 5) is 27.4. The average molecular weight is 532 g/mol. The molecule has 6 heteroatoms. The first kappa shape index (κ1) is 25.8. The van der Waals surface area contributed by atoms with Crippen LogP contribution in [-0.4, -0.2) is 29.2 Å². The number of aliphatic carboxylic acids is 1. The van der Waals surface area contributed by atoms with Gasteiger partial charge < -0.3 is 10.0 Å². The molecule has 2 heterocycles. The van der Waals surface area contributed by atoms with E-state index in [0.29, 0.717) is 17.5 Å². The Morgan fingerprint density at radius 3 is 2.45 bits per heavy atom. The van der Waals surface area contributed by atoms with E-state index in [9.17, 15) is 14.7 Å². The third-order valence-electron chi connectivity index (χ3n) is 8.22. The highest BCUT2D eigenvalue weighted by atomic mass is 16.4. The topological polar surface area (TPSA) is 73.2 Å². The van der Waals surface area contributed by atoms with E-state index in [2.05, 4.69) is 60.2 Å². The highest BCUT2D eigenvalue weighted by molar-refractivity contribution is 6.52. The van der Waals surface area contributed by atoms with E-state index in [4.69, 9.17) is 0 Å². The fourth-order valence-corrected chi connectivity index (χ4v) is 6.46. The van der Waals surface area contributed by atoms with Crippen molar-refractivity contribution >= 4 is 40.7 Å². The Morgan fingerprint density at radius 1 is 0.950 bits per heavy atom. The van der Waals surface area contributed by atoms with Gasteiger partial charge in [0.05, 0.1) is 11.3 Å². The first-order valence-corrected chi connectivity index (χ1v) is 14.0. The molecule has 3 aromatic carbocycles. The first-order chi connectivity index (χ1) is 19.4. The van der Waals surface area contributed by atoms with Crippen LogP contribution >= 0.6 is 0 Å². The molecule has 3 aromatic rings. The summed E-state index contributed by atoms with van der Waals surface area (Å²) in [6.45, 7) is 5.35. The van der Waals surface area contributed by atoms with Gasteiger partial charge in [-0.05, 0) is 103 Å². The zero-order chi connectivity index (χ0) is 27.8. The number of carbonyl (C=O) groups excluding carboxylic acids is 1. The van der Waals surface area contributed by atoms with Gasteiger partial charge in [-0.25, -0.2) is 4.79 Å². The number of anilines is 3. The number of aryl methyl sites for hydroxylation is 2. The summed E-state index contributed by atoms with van der Waals surface area (Å²) in [5.41, 5.74) is 7.82. The van der Waals surface area contributed by atoms with Gasteiger partial charge in [0.2, 0.25) is 0 Å². The SMILES string of the molecule is Cc1cc(C)cc(N2CC3CCCCC3c3cc(/C=C/C=C4\C(=O)N(c5ccccc5)N=C4C(=O)O)ccc32)c1. The lowest BCUT2D eigenvalue weighted by molar-refractivity contribution is -0.129. The van der Waals surface area contributed by atoms with Crippen LogP contribution in [0, 0.1) is 19.8 Å². The van der Waals surface area contributed by atoms with Crippen LogP contribution in [0.1, 0.15) is 53.9 Å². The van der Waals surface area contributed by atoms with Crippen molar-refractivity contribution in [3.05, 3.63) is 107 Å². The molecule has 2 atom stereocenters. The zero-order valence-corrected chi connectivity index (χ0v) is 22.9. The molecular weight excluding hydrogens is 498 g/mol. The first-order valence-electron chi connectivity index (χ1n) is 14.0. The summed E-state index contributed by atoms with van der Waals surface area (Å²) in [5, 5.41) is 14.9. The third kappa shape index (κ3) is 4.86. The molecule has 0 saturated heterocycles. The van der Waals surface area contributed by atoms with Crippen molar-refractivity contribution in [3.63, 3.8) is 0 Å². The number of hydrogen-bond acceptors (Lipinski definition) is 4. The number of rotatable bonds is 5. The molecule has 0 bridgehead atoms. The Hall–Kier alpha value is -4.45. The summed E-state index contributed by atoms with van der Waals surface area (Å²) in [5.74, 6) is -0.514. The second-order valence-corrected chi connectivity index (χ2v) is 11.1. The molecule has 1 amide bonds. The molecule has 0 radical (unpaired) electrons. The number of amides is 1. The quantitative estimate of drug-likeness (QED) is 0.355. The maximum absolute atomic E-state index is 13.1. The second-order valence-electron chi connectivity index (χ2n) is 11.1. The third-order valence-corrected chi connectivity index (χ3v) is 8.22. The number of fused-ring (bicyclic) bond motifs is 3. The highest BCUT2D eigenvalue weighted by Crippen LogP contribution is 2.48. The van der Waals surface area contributed by atoms with Gasteiger partial charge in [0.1, 0.15) is 0 Å². The van der Waals surface area contributed by atoms with Crippen molar-refractivity contribution in [3.8, 4) is 0 Å². The van der Waals surface area contributed by atoms with Crippen molar-refractivity contribution < 1.29 is 14.7 Å². The van der Waals surface area contributed by atoms with Crippen LogP contribution in [0.4, 0.5) is 17.1 Å². The number of carboxylic acid groups (broad SMARTS) is 1. The summed E-state index contributed by atoms with van der Waals surface area (Å²) >= 11 is 0. The number of benzene rings is 3. The lowest BCUT2D eigenvalue weighted by atomic mass is 9.72. The lowest BCUT2D eigenvalue weighted by Crippen LogP contribution is -2.36. The molecule has 6 nitrogen and oxygen atoms in total. The molecule has 202 valence electrons. The van der Waals surface area contributed by atoms with E-state index < -0.39 is 11.9 Å². The smallest absolute Gasteiger partial charge is 0.357 e. The Labute approximate surface area is 234 Å². The number of carbonyl (C=O) groups is 2. The van der Waals surface area contributed by atoms with Crippen molar-refractivity contribution in [1.29, 1.82) is 0 Å². The fraction of sp³-hybridized carbons (Fsp3) is 0.265. The Balaban J connectivity index is 1.32. The molecule has 6 rings (SSSR count). The van der Waals surface area contributed by atoms with Crippen molar-refractivity contribution in [2.75, 3.05) is 16.5 Å². The minimum atomic E-state index is -1.23. The van der Waals surface area contributed by atoms with Crippen LogP contribution < -0.4 is 9.91 Å². The largest absolute Gasteiger partial charge is 0.476 e. The van der Waals surface area contributed by atoms with Crippen LogP contribution in [-0.2, 0) is 9.59 Å². The molecule has 3 aliphatic rings. The standard InChI is InChI=1S/C34H33N3O3/c1-22-17-23(2)19-27(18-22)36-21-25-10-6-7-13-28(25)30-20-24(15-16-31(30)36)9-8-14-29-32(34(39)40)35-37(33(29)38)26-11-4-3-5-12-26/h3-5,8-9,11-12,14-20,25,28H,6-7,10,13,21H2,1-2H3,(H,39,40)/b9-8+,29-14-. The van der Waals surface area contributed by atoms with E-state index in [1.165, 1.54) is 53.7 Å². The average Bonchev–Trinajstić information content (AvgIpc) is 3.28. The van der Waals surface area contributed by atoms with Gasteiger partial charge in [0.15, 0.2) is 5.71 Å². The summed E-state index contributed by atoms with van der Waals surface area (Å²) in [6.07, 6.45) is 10.2. The number of hydrogen-bond donors (Lipinski definition) is 1. The fourth-order valence-electron chi connectivity index (χ4n) is 6.46. The van der Waals surface area contributed by atoms with Crippen LogP contribution in [0.2, 0.25) is 0 Å². The Bertz CT molecular complexity index is 1550. The number of nitrogens with zero attached hydrogens (tertiary/aromatic N) is 3. The molecule has 1 saturated carbocycles. The molecule has 40 heavy (non-hydrogen) atoms. The highest BCUT2D eigenvalue weighted by Gasteiger charge is 2.36. The number of allylic oxidation sites excluding steroid dienone is 2. The van der Waals surface area contributed by atoms with Crippen molar-refractivity contribution in [2.45, 2.75) is 45.4 Å². The number of para-hydroxylation sites is 1. The Morgan fingerprint density at radius 2 is 1.70 bits per heavy atom. The van der Waals surface area contributed by atoms with E-state index in [0.717, 1.165) is 17.1 Å². The molecule has 2 aliphatic heterocycles. The van der Waals surface area contributed by atoms with Gasteiger partial charge in [-0.2, -0.15) is 10.1 Å². The minimum Gasteiger partial charge on any atom is -0.476 e. The molecule has 2 unspecified atom stereocenters. The predicted molar refractivity (Wildman–Crippen MR) is 160 cm³/mol. The molecule has 0 aromatic heterocycles. The molecule has 1 fully saturated rings. The van der Waals surface area contributed by atoms with Crippen LogP contribution in [0.15, 0.2) is 89.6 Å². The van der Waals surface area contributed by atoms with Crippen LogP contribution in [0.5, 0.6) is 0 Å². The Kier molecular flexibility index (Phi) is 6.84. The van der Waals surface area contributed by atoms with Gasteiger partial charge in [-0.3, -0.25) is 4.79 Å². The zero-order valence-electron chi connectivity index (χ0n) is 22.9. The minimum absolute atomic E-state index is 0.0684. The van der Waals surface area contributed by atoms with Crippen molar-refractivity contribution in [2.24, 2.45) is 11.0 Å². The van der Waals surface area contributed by atoms with Crippen LogP contribution in [0.3, 0.4) is 0 Å². The van der Waals surface area contributed by atoms with E-state index in [-0.39, 0.29) is 11.3 Å². The number of carboxylic acids is 1. The molecule has 1 N–H and O–H groups in total. The van der Waals surface area contributed by atoms with Gasteiger partial charge in [0, 0.05) is 17.9 Å². The predicted octanol–water partition coefficient (Wildman–Crippen LogP) is 7.16. The monoisotopic (exact) mass is 531 g/mol. The van der Waals surface area contributed by atoms with Gasteiger partial charge in [-0.1, -0.05) is 55.3 Å².